The number of benzene rings is 1. The normalized spacial score (nSPS) is 11.9. The average molecular weight is 461 g/mol. The highest BCUT2D eigenvalue weighted by atomic mass is 16.3. The lowest BCUT2D eigenvalue weighted by Crippen LogP contribution is -2.47. The van der Waals surface area contributed by atoms with E-state index < -0.39 is 23.1 Å². The van der Waals surface area contributed by atoms with Crippen molar-refractivity contribution >= 4 is 28.9 Å². The number of aryl methyl sites for hydroxylation is 1. The summed E-state index contributed by atoms with van der Waals surface area (Å²) in [4.78, 5) is 52.1. The van der Waals surface area contributed by atoms with E-state index in [0.717, 1.165) is 4.68 Å². The van der Waals surface area contributed by atoms with Gasteiger partial charge in [-0.3, -0.25) is 29.0 Å². The number of aromatic nitrogens is 2. The minimum Gasteiger partial charge on any atom is -0.505 e. The molecule has 0 aliphatic rings. The van der Waals surface area contributed by atoms with E-state index in [0.29, 0.717) is 0 Å². The minimum atomic E-state index is -0.808. The lowest BCUT2D eigenvalue weighted by molar-refractivity contribution is -0.123. The molecule has 1 heterocycles. The lowest BCUT2D eigenvalue weighted by atomic mass is 10.0. The number of nitrogens with one attached hydrogen (secondary N) is 4. The largest absolute Gasteiger partial charge is 0.505 e. The van der Waals surface area contributed by atoms with Crippen LogP contribution in [0.2, 0.25) is 0 Å². The summed E-state index contributed by atoms with van der Waals surface area (Å²) in [6.45, 7) is 7.26. The van der Waals surface area contributed by atoms with Gasteiger partial charge in [0.05, 0.1) is 11.3 Å². The highest BCUT2D eigenvalue weighted by molar-refractivity contribution is 5.99. The molecular formula is C22H32N6O5. The first-order chi connectivity index (χ1) is 15.3. The van der Waals surface area contributed by atoms with Gasteiger partial charge in [-0.25, -0.2) is 0 Å². The van der Waals surface area contributed by atoms with Gasteiger partial charge < -0.3 is 26.0 Å². The molecule has 11 heteroatoms. The predicted molar refractivity (Wildman–Crippen MR) is 127 cm³/mol. The Kier molecular flexibility index (Phi) is 7.91. The van der Waals surface area contributed by atoms with E-state index in [1.165, 1.54) is 30.1 Å². The first-order valence-electron chi connectivity index (χ1n) is 10.6. The Hall–Kier alpha value is -3.76. The van der Waals surface area contributed by atoms with Gasteiger partial charge in [-0.05, 0) is 31.9 Å². The zero-order chi connectivity index (χ0) is 25.0. The number of anilines is 3. The van der Waals surface area contributed by atoms with E-state index in [2.05, 4.69) is 21.0 Å². The first-order valence-corrected chi connectivity index (χ1v) is 10.6. The number of phenols is 1. The van der Waals surface area contributed by atoms with Crippen LogP contribution in [0.15, 0.2) is 27.8 Å². The summed E-state index contributed by atoms with van der Waals surface area (Å²) in [5, 5.41) is 21.5. The second kappa shape index (κ2) is 10.2. The van der Waals surface area contributed by atoms with Crippen LogP contribution in [0.5, 0.6) is 5.75 Å². The van der Waals surface area contributed by atoms with Crippen LogP contribution in [0.1, 0.15) is 38.1 Å². The molecule has 5 N–H and O–H groups in total. The summed E-state index contributed by atoms with van der Waals surface area (Å²) in [5.74, 6) is -1.34. The molecule has 0 bridgehead atoms. The minimum absolute atomic E-state index is 0.0242. The molecule has 1 atom stereocenters. The standard InChI is InChI=1S/C22H32N6O5/c1-11(2)15(19(30)23-12(3)4)25-17-16(20(31)26-28(7)22(17)33)24-14-10-8-9-13(18(14)29)21(32)27(5)6/h8-12,15,24-25,29H,1-7H3,(H,23,30)(H,26,31). The zero-order valence-corrected chi connectivity index (χ0v) is 19.9. The highest BCUT2D eigenvalue weighted by Gasteiger charge is 2.27. The van der Waals surface area contributed by atoms with Crippen LogP contribution in [-0.2, 0) is 11.8 Å². The average Bonchev–Trinajstić information content (AvgIpc) is 2.71. The molecule has 0 saturated heterocycles. The Balaban J connectivity index is 2.59. The maximum Gasteiger partial charge on any atom is 0.290 e. The second-order valence-electron chi connectivity index (χ2n) is 8.61. The maximum atomic E-state index is 12.9. The van der Waals surface area contributed by atoms with E-state index in [4.69, 9.17) is 0 Å². The number of carbonyl (C=O) groups excluding carboxylic acids is 2. The second-order valence-corrected chi connectivity index (χ2v) is 8.61. The number of aromatic amines is 1. The zero-order valence-electron chi connectivity index (χ0n) is 19.9. The molecule has 0 saturated carbocycles. The summed E-state index contributed by atoms with van der Waals surface area (Å²) in [5.41, 5.74) is -1.49. The van der Waals surface area contributed by atoms with E-state index in [1.54, 1.807) is 14.1 Å². The molecular weight excluding hydrogens is 428 g/mol. The van der Waals surface area contributed by atoms with Gasteiger partial charge in [-0.1, -0.05) is 19.9 Å². The van der Waals surface area contributed by atoms with Gasteiger partial charge in [0.25, 0.3) is 17.0 Å². The van der Waals surface area contributed by atoms with Crippen molar-refractivity contribution in [2.75, 3.05) is 24.7 Å². The van der Waals surface area contributed by atoms with E-state index in [-0.39, 0.29) is 46.2 Å². The number of carbonyl (C=O) groups is 2. The van der Waals surface area contributed by atoms with Crippen LogP contribution < -0.4 is 27.1 Å². The number of amides is 2. The summed E-state index contributed by atoms with van der Waals surface area (Å²) < 4.78 is 0.999. The number of hydrogen-bond acceptors (Lipinski definition) is 7. The van der Waals surface area contributed by atoms with Crippen molar-refractivity contribution in [3.05, 3.63) is 44.5 Å². The number of nitrogens with zero attached hydrogens (tertiary/aromatic N) is 2. The van der Waals surface area contributed by atoms with Crippen LogP contribution in [0.4, 0.5) is 17.1 Å². The van der Waals surface area contributed by atoms with Crippen molar-refractivity contribution in [1.29, 1.82) is 0 Å². The monoisotopic (exact) mass is 460 g/mol. The number of rotatable bonds is 8. The van der Waals surface area contributed by atoms with Gasteiger partial charge >= 0.3 is 0 Å². The van der Waals surface area contributed by atoms with Gasteiger partial charge in [0.2, 0.25) is 5.91 Å². The summed E-state index contributed by atoms with van der Waals surface area (Å²) in [6.07, 6.45) is 0. The molecule has 2 rings (SSSR count). The number of aromatic hydroxyl groups is 1. The molecule has 0 aliphatic carbocycles. The van der Waals surface area contributed by atoms with Gasteiger partial charge in [0, 0.05) is 27.2 Å². The molecule has 1 aromatic carbocycles. The Bertz CT molecular complexity index is 1150. The fourth-order valence-electron chi connectivity index (χ4n) is 3.16. The molecule has 1 unspecified atom stereocenters. The number of H-pyrrole nitrogens is 1. The van der Waals surface area contributed by atoms with E-state index >= 15 is 0 Å². The van der Waals surface area contributed by atoms with E-state index in [1.807, 2.05) is 27.7 Å². The maximum absolute atomic E-state index is 12.9. The fraction of sp³-hybridized carbons (Fsp3) is 0.455. The number of hydrogen-bond donors (Lipinski definition) is 5. The molecule has 180 valence electrons. The molecule has 33 heavy (non-hydrogen) atoms. The third kappa shape index (κ3) is 5.73. The van der Waals surface area contributed by atoms with Crippen LogP contribution in [0.25, 0.3) is 0 Å². The fourth-order valence-corrected chi connectivity index (χ4v) is 3.16. The van der Waals surface area contributed by atoms with Crippen molar-refractivity contribution in [2.45, 2.75) is 39.8 Å². The molecule has 11 nitrogen and oxygen atoms in total. The van der Waals surface area contributed by atoms with Crippen molar-refractivity contribution in [2.24, 2.45) is 13.0 Å². The van der Waals surface area contributed by atoms with E-state index in [9.17, 15) is 24.3 Å². The van der Waals surface area contributed by atoms with Gasteiger partial charge in [-0.15, -0.1) is 0 Å². The van der Waals surface area contributed by atoms with Crippen molar-refractivity contribution < 1.29 is 14.7 Å². The smallest absolute Gasteiger partial charge is 0.290 e. The van der Waals surface area contributed by atoms with Crippen LogP contribution >= 0.6 is 0 Å². The quantitative estimate of drug-likeness (QED) is 0.372. The van der Waals surface area contributed by atoms with Crippen molar-refractivity contribution in [3.63, 3.8) is 0 Å². The molecule has 0 radical (unpaired) electrons. The summed E-state index contributed by atoms with van der Waals surface area (Å²) in [6, 6.07) is 3.52. The molecule has 1 aromatic heterocycles. The summed E-state index contributed by atoms with van der Waals surface area (Å²) >= 11 is 0. The number of phenolic OH excluding ortho intramolecular Hbond substituents is 1. The Morgan fingerprint density at radius 2 is 1.73 bits per heavy atom. The lowest BCUT2D eigenvalue weighted by Gasteiger charge is -2.25. The van der Waals surface area contributed by atoms with Crippen molar-refractivity contribution in [1.82, 2.24) is 20.0 Å². The molecule has 0 fully saturated rings. The van der Waals surface area contributed by atoms with Gasteiger partial charge in [0.1, 0.15) is 17.4 Å². The van der Waals surface area contributed by atoms with Gasteiger partial charge in [0.15, 0.2) is 5.75 Å². The van der Waals surface area contributed by atoms with Gasteiger partial charge in [-0.2, -0.15) is 0 Å². The highest BCUT2D eigenvalue weighted by Crippen LogP contribution is 2.31. The Morgan fingerprint density at radius 1 is 1.09 bits per heavy atom. The topological polar surface area (TPSA) is 149 Å². The molecule has 0 spiro atoms. The predicted octanol–water partition coefficient (Wildman–Crippen LogP) is 1.19. The van der Waals surface area contributed by atoms with Crippen LogP contribution in [0, 0.1) is 5.92 Å². The Morgan fingerprint density at radius 3 is 2.27 bits per heavy atom. The molecule has 2 amide bonds. The van der Waals surface area contributed by atoms with Crippen molar-refractivity contribution in [3.8, 4) is 5.75 Å². The number of para-hydroxylation sites is 1. The van der Waals surface area contributed by atoms with Crippen LogP contribution in [-0.4, -0.2) is 57.8 Å². The molecule has 0 aliphatic heterocycles. The first kappa shape index (κ1) is 25.5. The SMILES string of the molecule is CC(C)NC(=O)C(Nc1c(Nc2cccc(C(=O)N(C)C)c2O)c(=O)[nH]n(C)c1=O)C(C)C. The molecule has 2 aromatic rings. The summed E-state index contributed by atoms with van der Waals surface area (Å²) in [7, 11) is 4.47. The third-order valence-corrected chi connectivity index (χ3v) is 4.88. The van der Waals surface area contributed by atoms with Crippen LogP contribution in [0.3, 0.4) is 0 Å². The Labute approximate surface area is 191 Å². The third-order valence-electron chi connectivity index (χ3n) is 4.88.